The van der Waals surface area contributed by atoms with E-state index in [1.165, 1.54) is 59.1 Å². The first-order valence-corrected chi connectivity index (χ1v) is 12.6. The van der Waals surface area contributed by atoms with Gasteiger partial charge in [-0.2, -0.15) is 0 Å². The molecule has 3 N–H and O–H groups in total. The molecule has 2 amide bonds. The molecule has 0 saturated carbocycles. The molecule has 1 atom stereocenters. The zero-order valence-corrected chi connectivity index (χ0v) is 21.3. The van der Waals surface area contributed by atoms with Crippen molar-refractivity contribution in [1.82, 2.24) is 14.8 Å². The van der Waals surface area contributed by atoms with Crippen LogP contribution in [0.4, 0.5) is 9.59 Å². The summed E-state index contributed by atoms with van der Waals surface area (Å²) in [5.74, 6) is -0.989. The molecule has 0 saturated heterocycles. The number of carbonyl (C=O) groups excluding carboxylic acids is 2. The molecule has 1 aliphatic rings. The third kappa shape index (κ3) is 6.21. The van der Waals surface area contributed by atoms with E-state index in [0.29, 0.717) is 27.1 Å². The van der Waals surface area contributed by atoms with Crippen LogP contribution in [-0.2, 0) is 4.79 Å². The van der Waals surface area contributed by atoms with E-state index in [0.717, 1.165) is 10.8 Å². The number of rotatable bonds is 7. The minimum absolute atomic E-state index is 0.0573. The molecule has 3 aromatic rings. The number of carbonyl (C=O) groups is 3. The SMILES string of the molecule is CN(CCN(C)C(=O)Oc1ccc2nc(C3=N[C@@H](C(=O)O)CS3)sc2c1)C(=O)Oc1ccc(O)c(O)c1. The molecule has 0 spiro atoms. The second kappa shape index (κ2) is 10.9. The highest BCUT2D eigenvalue weighted by atomic mass is 32.2. The van der Waals surface area contributed by atoms with E-state index in [9.17, 15) is 24.6 Å². The maximum absolute atomic E-state index is 12.5. The highest BCUT2D eigenvalue weighted by Crippen LogP contribution is 2.32. The Morgan fingerprint density at radius 1 is 0.973 bits per heavy atom. The number of amides is 2. The van der Waals surface area contributed by atoms with Crippen LogP contribution in [0.3, 0.4) is 0 Å². The van der Waals surface area contributed by atoms with Crippen molar-refractivity contribution in [2.45, 2.75) is 6.04 Å². The fraction of sp³-hybridized carbons (Fsp3) is 0.261. The first kappa shape index (κ1) is 26.0. The molecule has 37 heavy (non-hydrogen) atoms. The zero-order chi connectivity index (χ0) is 26.7. The molecule has 0 radical (unpaired) electrons. The van der Waals surface area contributed by atoms with E-state index in [1.54, 1.807) is 18.2 Å². The number of fused-ring (bicyclic) bond motifs is 1. The van der Waals surface area contributed by atoms with Crippen LogP contribution in [0.15, 0.2) is 41.4 Å². The Bertz CT molecular complexity index is 1390. The van der Waals surface area contributed by atoms with Gasteiger partial charge in [-0.15, -0.1) is 23.1 Å². The van der Waals surface area contributed by atoms with Gasteiger partial charge in [-0.25, -0.2) is 19.4 Å². The predicted molar refractivity (Wildman–Crippen MR) is 137 cm³/mol. The quantitative estimate of drug-likeness (QED) is 0.375. The number of nitrogens with zero attached hydrogens (tertiary/aromatic N) is 4. The smallest absolute Gasteiger partial charge is 0.415 e. The number of likely N-dealkylation sites (N-methyl/N-ethyl adjacent to an activating group) is 2. The number of thioether (sulfide) groups is 1. The minimum atomic E-state index is -0.970. The third-order valence-electron chi connectivity index (χ3n) is 5.23. The summed E-state index contributed by atoms with van der Waals surface area (Å²) in [5.41, 5.74) is 0.678. The maximum Gasteiger partial charge on any atom is 0.415 e. The molecular formula is C23H22N4O8S2. The molecule has 194 valence electrons. The summed E-state index contributed by atoms with van der Waals surface area (Å²) in [6.07, 6.45) is -1.34. The molecule has 4 rings (SSSR count). The number of carboxylic acids is 1. The van der Waals surface area contributed by atoms with E-state index in [1.807, 2.05) is 0 Å². The van der Waals surface area contributed by atoms with Crippen molar-refractivity contribution in [1.29, 1.82) is 0 Å². The summed E-state index contributed by atoms with van der Waals surface area (Å²) in [7, 11) is 3.01. The Morgan fingerprint density at radius 2 is 1.59 bits per heavy atom. The van der Waals surface area contributed by atoms with Crippen LogP contribution in [0.5, 0.6) is 23.0 Å². The summed E-state index contributed by atoms with van der Waals surface area (Å²) < 4.78 is 11.3. The lowest BCUT2D eigenvalue weighted by Gasteiger charge is -2.21. The van der Waals surface area contributed by atoms with Gasteiger partial charge in [0.2, 0.25) is 0 Å². The number of aliphatic imine (C=N–C) groups is 1. The lowest BCUT2D eigenvalue weighted by Crippen LogP contribution is -2.39. The number of thiazole rings is 1. The second-order valence-corrected chi connectivity index (χ2v) is 10.0. The number of carboxylic acid groups (broad SMARTS) is 1. The van der Waals surface area contributed by atoms with Crippen LogP contribution in [0.2, 0.25) is 0 Å². The highest BCUT2D eigenvalue weighted by Gasteiger charge is 2.27. The van der Waals surface area contributed by atoms with Gasteiger partial charge >= 0.3 is 18.2 Å². The Morgan fingerprint density at radius 3 is 2.19 bits per heavy atom. The van der Waals surface area contributed by atoms with Gasteiger partial charge in [0.1, 0.15) is 21.6 Å². The Hall–Kier alpha value is -4.04. The van der Waals surface area contributed by atoms with Gasteiger partial charge in [-0.1, -0.05) is 0 Å². The topological polar surface area (TPSA) is 162 Å². The van der Waals surface area contributed by atoms with Gasteiger partial charge in [0, 0.05) is 45.1 Å². The van der Waals surface area contributed by atoms with Gasteiger partial charge in [-0.3, -0.25) is 4.99 Å². The van der Waals surface area contributed by atoms with Gasteiger partial charge in [0.25, 0.3) is 0 Å². The van der Waals surface area contributed by atoms with Gasteiger partial charge in [-0.05, 0) is 24.3 Å². The van der Waals surface area contributed by atoms with E-state index >= 15 is 0 Å². The van der Waals surface area contributed by atoms with Crippen LogP contribution in [0.1, 0.15) is 5.01 Å². The van der Waals surface area contributed by atoms with Crippen molar-refractivity contribution in [3.05, 3.63) is 41.4 Å². The fourth-order valence-electron chi connectivity index (χ4n) is 3.08. The van der Waals surface area contributed by atoms with Gasteiger partial charge < -0.3 is 34.6 Å². The first-order valence-electron chi connectivity index (χ1n) is 10.8. The number of phenolic OH excluding ortho intramolecular Hbond substituents is 2. The molecule has 0 unspecified atom stereocenters. The molecule has 0 aliphatic carbocycles. The Balaban J connectivity index is 1.31. The number of hydrogen-bond acceptors (Lipinski definition) is 11. The standard InChI is InChI=1S/C23H22N4O8S2/c1-26(22(32)34-12-4-6-16(28)17(29)9-12)7-8-27(2)23(33)35-13-3-5-14-18(10-13)37-20(24-14)19-25-15(11-36-19)21(30)31/h3-6,9-10,15,28-29H,7-8,11H2,1-2H3,(H,30,31)/t15-/m1/s1. The molecule has 1 aromatic heterocycles. The van der Waals surface area contributed by atoms with Crippen molar-refractivity contribution in [3.63, 3.8) is 0 Å². The first-order chi connectivity index (χ1) is 17.6. The maximum atomic E-state index is 12.5. The van der Waals surface area contributed by atoms with Gasteiger partial charge in [0.15, 0.2) is 17.5 Å². The zero-order valence-electron chi connectivity index (χ0n) is 19.7. The van der Waals surface area contributed by atoms with Crippen LogP contribution in [0.25, 0.3) is 10.2 Å². The van der Waals surface area contributed by atoms with E-state index in [-0.39, 0.29) is 24.6 Å². The molecular weight excluding hydrogens is 524 g/mol. The summed E-state index contributed by atoms with van der Waals surface area (Å²) in [6, 6.07) is 7.85. The molecule has 0 fully saturated rings. The molecule has 2 aromatic carbocycles. The summed E-state index contributed by atoms with van der Waals surface area (Å²) in [5, 5.41) is 29.2. The number of aromatic hydroxyl groups is 2. The number of phenols is 2. The van der Waals surface area contributed by atoms with E-state index in [4.69, 9.17) is 14.6 Å². The van der Waals surface area contributed by atoms with Crippen LogP contribution >= 0.6 is 23.1 Å². The normalized spacial score (nSPS) is 14.8. The van der Waals surface area contributed by atoms with Crippen LogP contribution < -0.4 is 9.47 Å². The van der Waals surface area contributed by atoms with Crippen molar-refractivity contribution in [2.75, 3.05) is 32.9 Å². The van der Waals surface area contributed by atoms with Gasteiger partial charge in [0.05, 0.1) is 10.2 Å². The summed E-state index contributed by atoms with van der Waals surface area (Å²) >= 11 is 2.67. The Labute approximate surface area is 218 Å². The average Bonchev–Trinajstić information content (AvgIpc) is 3.51. The van der Waals surface area contributed by atoms with E-state index < -0.39 is 29.9 Å². The molecule has 14 heteroatoms. The summed E-state index contributed by atoms with van der Waals surface area (Å²) in [6.45, 7) is 0.295. The monoisotopic (exact) mass is 546 g/mol. The molecule has 1 aliphatic heterocycles. The third-order valence-corrected chi connectivity index (χ3v) is 7.44. The molecule has 0 bridgehead atoms. The lowest BCUT2D eigenvalue weighted by molar-refractivity contribution is -0.137. The lowest BCUT2D eigenvalue weighted by atomic mass is 10.3. The minimum Gasteiger partial charge on any atom is -0.504 e. The number of benzene rings is 2. The van der Waals surface area contributed by atoms with Crippen molar-refractivity contribution in [2.24, 2.45) is 4.99 Å². The summed E-state index contributed by atoms with van der Waals surface area (Å²) in [4.78, 5) is 47.1. The van der Waals surface area contributed by atoms with Crippen molar-refractivity contribution < 1.29 is 39.2 Å². The highest BCUT2D eigenvalue weighted by molar-refractivity contribution is 8.15. The number of aliphatic carboxylic acids is 1. The fourth-order valence-corrected chi connectivity index (χ4v) is 5.18. The molecule has 12 nitrogen and oxygen atoms in total. The number of hydrogen-bond donors (Lipinski definition) is 3. The number of ether oxygens (including phenoxy) is 2. The van der Waals surface area contributed by atoms with Crippen molar-refractivity contribution >= 4 is 56.5 Å². The predicted octanol–water partition coefficient (Wildman–Crippen LogP) is 3.22. The molecule has 2 heterocycles. The van der Waals surface area contributed by atoms with E-state index in [2.05, 4.69) is 9.98 Å². The van der Waals surface area contributed by atoms with Crippen LogP contribution in [0, 0.1) is 0 Å². The second-order valence-electron chi connectivity index (χ2n) is 7.98. The Kier molecular flexibility index (Phi) is 7.69. The number of aromatic nitrogens is 1. The van der Waals surface area contributed by atoms with Crippen molar-refractivity contribution in [3.8, 4) is 23.0 Å². The van der Waals surface area contributed by atoms with Crippen LogP contribution in [-0.4, -0.2) is 92.3 Å². The largest absolute Gasteiger partial charge is 0.504 e. The average molecular weight is 547 g/mol.